The van der Waals surface area contributed by atoms with Crippen molar-refractivity contribution in [1.82, 2.24) is 30.2 Å². The van der Waals surface area contributed by atoms with Crippen molar-refractivity contribution >= 4 is 29.5 Å². The summed E-state index contributed by atoms with van der Waals surface area (Å²) < 4.78 is 30.4. The normalized spacial score (nSPS) is 14.1. The van der Waals surface area contributed by atoms with Crippen LogP contribution in [0.4, 0.5) is 8.78 Å². The molecule has 0 radical (unpaired) electrons. The number of carbonyl (C=O) groups is 5. The van der Waals surface area contributed by atoms with E-state index >= 15 is 0 Å². The molecule has 4 rings (SSSR count). The Labute approximate surface area is 294 Å². The quantitative estimate of drug-likeness (QED) is 0.163. The number of halogens is 2. The summed E-state index contributed by atoms with van der Waals surface area (Å²) in [7, 11) is 0. The van der Waals surface area contributed by atoms with Crippen LogP contribution in [-0.2, 0) is 30.4 Å². The number of hydrogen-bond acceptors (Lipinski definition) is 8. The van der Waals surface area contributed by atoms with E-state index in [0.29, 0.717) is 17.7 Å². The molecule has 2 aromatic carbocycles. The van der Waals surface area contributed by atoms with E-state index in [4.69, 9.17) is 10.8 Å². The fourth-order valence-electron chi connectivity index (χ4n) is 5.79. The third-order valence-electron chi connectivity index (χ3n) is 8.29. The Kier molecular flexibility index (Phi) is 12.9. The smallest absolute Gasteiger partial charge is 0.253 e. The molecule has 1 aromatic heterocycles. The first-order valence-electron chi connectivity index (χ1n) is 16.5. The van der Waals surface area contributed by atoms with Crippen LogP contribution >= 0.6 is 0 Å². The van der Waals surface area contributed by atoms with Crippen LogP contribution in [-0.4, -0.2) is 93.1 Å². The molecule has 5 N–H and O–H groups in total. The van der Waals surface area contributed by atoms with Crippen molar-refractivity contribution in [2.24, 2.45) is 11.1 Å². The highest BCUT2D eigenvalue weighted by molar-refractivity contribution is 6.12. The molecule has 0 bridgehead atoms. The van der Waals surface area contributed by atoms with E-state index in [1.807, 2.05) is 51.1 Å². The van der Waals surface area contributed by atoms with Gasteiger partial charge in [-0.05, 0) is 29.5 Å². The molecule has 1 aliphatic rings. The molecule has 51 heavy (non-hydrogen) atoms. The monoisotopic (exact) mass is 707 g/mol. The Bertz CT molecular complexity index is 1750. The molecule has 0 spiro atoms. The molecular formula is C36H43F2N7O6. The van der Waals surface area contributed by atoms with Crippen LogP contribution in [0.5, 0.6) is 0 Å². The van der Waals surface area contributed by atoms with Crippen LogP contribution in [0.3, 0.4) is 0 Å². The van der Waals surface area contributed by atoms with Crippen LogP contribution in [0.1, 0.15) is 56.5 Å². The van der Waals surface area contributed by atoms with Gasteiger partial charge in [0.25, 0.3) is 11.8 Å². The van der Waals surface area contributed by atoms with Gasteiger partial charge in [-0.15, -0.1) is 0 Å². The maximum absolute atomic E-state index is 14.9. The lowest BCUT2D eigenvalue weighted by atomic mass is 9.81. The number of hydrogen-bond donors (Lipinski definition) is 4. The molecule has 3 aromatic rings. The van der Waals surface area contributed by atoms with Crippen molar-refractivity contribution < 1.29 is 37.9 Å². The summed E-state index contributed by atoms with van der Waals surface area (Å²) in [6.45, 7) is 4.75. The Balaban J connectivity index is 1.47. The van der Waals surface area contributed by atoms with Crippen molar-refractivity contribution in [2.75, 3.05) is 32.8 Å². The summed E-state index contributed by atoms with van der Waals surface area (Å²) in [6.07, 6.45) is 4.15. The SMILES string of the molecule is CC(C)(C)C(c1nn(-c2cc(F)ccc2F)cc1Cc1ccccc1)N(CCC(N)C(=O)NCCC(=O)NCCN1C(=O)C=CC1=O)C(=O)CO. The number of imide groups is 1. The van der Waals surface area contributed by atoms with Gasteiger partial charge in [0, 0.05) is 69.0 Å². The lowest BCUT2D eigenvalue weighted by Gasteiger charge is -2.40. The molecule has 0 aliphatic carbocycles. The van der Waals surface area contributed by atoms with Gasteiger partial charge in [-0.2, -0.15) is 5.10 Å². The minimum atomic E-state index is -1.09. The van der Waals surface area contributed by atoms with Gasteiger partial charge in [-0.1, -0.05) is 51.1 Å². The number of amides is 5. The topological polar surface area (TPSA) is 180 Å². The molecule has 1 aliphatic heterocycles. The number of aliphatic hydroxyl groups excluding tert-OH is 1. The molecular weight excluding hydrogens is 664 g/mol. The average molecular weight is 708 g/mol. The van der Waals surface area contributed by atoms with Gasteiger partial charge in [0.1, 0.15) is 23.9 Å². The Hall–Kier alpha value is -5.28. The zero-order valence-corrected chi connectivity index (χ0v) is 28.8. The molecule has 2 atom stereocenters. The first kappa shape index (κ1) is 38.5. The van der Waals surface area contributed by atoms with Gasteiger partial charge < -0.3 is 26.4 Å². The van der Waals surface area contributed by atoms with E-state index in [9.17, 15) is 37.9 Å². The summed E-state index contributed by atoms with van der Waals surface area (Å²) in [5.74, 6) is -3.89. The van der Waals surface area contributed by atoms with Gasteiger partial charge in [0.15, 0.2) is 0 Å². The van der Waals surface area contributed by atoms with E-state index in [1.54, 1.807) is 6.20 Å². The second kappa shape index (κ2) is 17.1. The second-order valence-electron chi connectivity index (χ2n) is 13.2. The minimum Gasteiger partial charge on any atom is -0.387 e. The summed E-state index contributed by atoms with van der Waals surface area (Å²) in [6, 6.07) is 10.6. The lowest BCUT2D eigenvalue weighted by molar-refractivity contribution is -0.140. The van der Waals surface area contributed by atoms with Crippen LogP contribution < -0.4 is 16.4 Å². The standard InChI is InChI=1S/C36H43F2N7O6/c1-36(2,3)34(33-24(19-23-7-5-4-6-8-23)21-45(42-33)28-20-25(37)9-10-26(28)38)44(32(50)22-46)17-14-27(39)35(51)41-15-13-29(47)40-16-18-43-30(48)11-12-31(43)49/h4-12,20-21,27,34,46H,13-19,22,39H2,1-3H3,(H,40,47)(H,41,51). The number of nitrogens with two attached hydrogens (primary N) is 1. The maximum atomic E-state index is 14.9. The van der Waals surface area contributed by atoms with Crippen molar-refractivity contribution in [3.05, 3.63) is 95.3 Å². The van der Waals surface area contributed by atoms with E-state index < -0.39 is 65.3 Å². The predicted octanol–water partition coefficient (Wildman–Crippen LogP) is 1.91. The second-order valence-corrected chi connectivity index (χ2v) is 13.2. The molecule has 2 unspecified atom stereocenters. The first-order valence-corrected chi connectivity index (χ1v) is 16.5. The average Bonchev–Trinajstić information content (AvgIpc) is 3.64. The number of rotatable bonds is 16. The number of aromatic nitrogens is 2. The predicted molar refractivity (Wildman–Crippen MR) is 183 cm³/mol. The number of nitrogens with zero attached hydrogens (tertiary/aromatic N) is 4. The van der Waals surface area contributed by atoms with Gasteiger partial charge in [-0.25, -0.2) is 13.5 Å². The molecule has 15 heteroatoms. The molecule has 0 saturated heterocycles. The van der Waals surface area contributed by atoms with Crippen LogP contribution in [0.15, 0.2) is 66.9 Å². The zero-order chi connectivity index (χ0) is 37.3. The highest BCUT2D eigenvalue weighted by atomic mass is 19.1. The Morgan fingerprint density at radius 2 is 1.69 bits per heavy atom. The third kappa shape index (κ3) is 10.1. The fourth-order valence-corrected chi connectivity index (χ4v) is 5.79. The molecule has 0 fully saturated rings. The Morgan fingerprint density at radius 3 is 2.33 bits per heavy atom. The summed E-state index contributed by atoms with van der Waals surface area (Å²) >= 11 is 0. The van der Waals surface area contributed by atoms with Crippen LogP contribution in [0.2, 0.25) is 0 Å². The fraction of sp³-hybridized carbons (Fsp3) is 0.389. The van der Waals surface area contributed by atoms with Crippen molar-refractivity contribution in [2.45, 2.75) is 52.1 Å². The molecule has 2 heterocycles. The number of nitrogens with one attached hydrogen (secondary N) is 2. The third-order valence-corrected chi connectivity index (χ3v) is 8.29. The van der Waals surface area contributed by atoms with Gasteiger partial charge in [-0.3, -0.25) is 28.9 Å². The number of benzene rings is 2. The molecule has 0 saturated carbocycles. The summed E-state index contributed by atoms with van der Waals surface area (Å²) in [4.78, 5) is 64.1. The molecule has 5 amide bonds. The minimum absolute atomic E-state index is 0.0158. The molecule has 272 valence electrons. The van der Waals surface area contributed by atoms with Gasteiger partial charge in [0.2, 0.25) is 17.7 Å². The van der Waals surface area contributed by atoms with Crippen molar-refractivity contribution in [3.63, 3.8) is 0 Å². The first-order chi connectivity index (χ1) is 24.2. The van der Waals surface area contributed by atoms with Crippen molar-refractivity contribution in [3.8, 4) is 5.69 Å². The van der Waals surface area contributed by atoms with Gasteiger partial charge in [0.05, 0.1) is 17.8 Å². The Morgan fingerprint density at radius 1 is 1.00 bits per heavy atom. The molecule has 13 nitrogen and oxygen atoms in total. The lowest BCUT2D eigenvalue weighted by Crippen LogP contribution is -2.47. The summed E-state index contributed by atoms with van der Waals surface area (Å²) in [5.41, 5.74) is 7.32. The highest BCUT2D eigenvalue weighted by Gasteiger charge is 2.38. The highest BCUT2D eigenvalue weighted by Crippen LogP contribution is 2.40. The summed E-state index contributed by atoms with van der Waals surface area (Å²) in [5, 5.41) is 19.9. The van der Waals surface area contributed by atoms with E-state index in [0.717, 1.165) is 40.8 Å². The number of carbonyl (C=O) groups excluding carboxylic acids is 5. The van der Waals surface area contributed by atoms with E-state index in [2.05, 4.69) is 10.6 Å². The largest absolute Gasteiger partial charge is 0.387 e. The van der Waals surface area contributed by atoms with Gasteiger partial charge >= 0.3 is 0 Å². The maximum Gasteiger partial charge on any atom is 0.253 e. The van der Waals surface area contributed by atoms with E-state index in [-0.39, 0.29) is 44.7 Å². The number of aliphatic hydroxyl groups is 1. The zero-order valence-electron chi connectivity index (χ0n) is 28.8. The van der Waals surface area contributed by atoms with Crippen LogP contribution in [0, 0.1) is 17.0 Å². The van der Waals surface area contributed by atoms with Crippen LogP contribution in [0.25, 0.3) is 5.69 Å². The van der Waals surface area contributed by atoms with Crippen molar-refractivity contribution in [1.29, 1.82) is 0 Å². The van der Waals surface area contributed by atoms with E-state index in [1.165, 1.54) is 9.58 Å².